The van der Waals surface area contributed by atoms with Gasteiger partial charge in [0.05, 0.1) is 5.92 Å². The van der Waals surface area contributed by atoms with Gasteiger partial charge >= 0.3 is 0 Å². The van der Waals surface area contributed by atoms with Crippen LogP contribution in [-0.4, -0.2) is 17.0 Å². The SMILES string of the molecule is CCCC(C(=O)NCc1cccc(Br)c1)C(N)=NO. The fraction of sp³-hybridized carbons (Fsp3) is 0.385. The van der Waals surface area contributed by atoms with Crippen LogP contribution in [-0.2, 0) is 11.3 Å². The molecule has 0 aliphatic heterocycles. The highest BCUT2D eigenvalue weighted by Crippen LogP contribution is 2.12. The normalized spacial score (nSPS) is 13.1. The Morgan fingerprint density at radius 1 is 1.58 bits per heavy atom. The van der Waals surface area contributed by atoms with E-state index in [4.69, 9.17) is 10.9 Å². The molecule has 5 nitrogen and oxygen atoms in total. The van der Waals surface area contributed by atoms with Crippen LogP contribution < -0.4 is 11.1 Å². The molecule has 19 heavy (non-hydrogen) atoms. The molecule has 0 aliphatic rings. The van der Waals surface area contributed by atoms with Crippen LogP contribution in [0.1, 0.15) is 25.3 Å². The lowest BCUT2D eigenvalue weighted by molar-refractivity contribution is -0.123. The molecule has 1 amide bonds. The number of benzene rings is 1. The first kappa shape index (κ1) is 15.5. The molecule has 1 unspecified atom stereocenters. The Hall–Kier alpha value is -1.56. The molecule has 0 radical (unpaired) electrons. The maximum atomic E-state index is 12.0. The molecule has 6 heteroatoms. The molecule has 0 bridgehead atoms. The van der Waals surface area contributed by atoms with E-state index in [-0.39, 0.29) is 11.7 Å². The molecule has 0 saturated carbocycles. The van der Waals surface area contributed by atoms with Gasteiger partial charge in [-0.1, -0.05) is 46.6 Å². The van der Waals surface area contributed by atoms with Crippen molar-refractivity contribution in [3.05, 3.63) is 34.3 Å². The molecule has 0 spiro atoms. The second kappa shape index (κ2) is 7.78. The van der Waals surface area contributed by atoms with Gasteiger partial charge < -0.3 is 16.3 Å². The standard InChI is InChI=1S/C13H18BrN3O2/c1-2-4-11(12(15)17-19)13(18)16-8-9-5-3-6-10(14)7-9/h3,5-7,11,19H,2,4,8H2,1H3,(H2,15,17)(H,16,18). The van der Waals surface area contributed by atoms with E-state index in [0.29, 0.717) is 13.0 Å². The van der Waals surface area contributed by atoms with E-state index in [9.17, 15) is 4.79 Å². The third-order valence-electron chi connectivity index (χ3n) is 2.72. The smallest absolute Gasteiger partial charge is 0.231 e. The summed E-state index contributed by atoms with van der Waals surface area (Å²) in [7, 11) is 0. The Labute approximate surface area is 121 Å². The minimum Gasteiger partial charge on any atom is -0.409 e. The average molecular weight is 328 g/mol. The summed E-state index contributed by atoms with van der Waals surface area (Å²) in [6.07, 6.45) is 1.34. The van der Waals surface area contributed by atoms with Crippen LogP contribution in [0, 0.1) is 5.92 Å². The maximum Gasteiger partial charge on any atom is 0.231 e. The molecule has 0 heterocycles. The van der Waals surface area contributed by atoms with E-state index >= 15 is 0 Å². The molecule has 1 atom stereocenters. The number of rotatable bonds is 6. The summed E-state index contributed by atoms with van der Waals surface area (Å²) in [6, 6.07) is 7.67. The van der Waals surface area contributed by atoms with Crippen LogP contribution >= 0.6 is 15.9 Å². The highest BCUT2D eigenvalue weighted by Gasteiger charge is 2.21. The molecule has 0 fully saturated rings. The van der Waals surface area contributed by atoms with Gasteiger partial charge in [-0.15, -0.1) is 0 Å². The van der Waals surface area contributed by atoms with Crippen molar-refractivity contribution in [1.29, 1.82) is 0 Å². The zero-order chi connectivity index (χ0) is 14.3. The molecule has 1 rings (SSSR count). The van der Waals surface area contributed by atoms with Crippen molar-refractivity contribution in [2.75, 3.05) is 0 Å². The van der Waals surface area contributed by atoms with Gasteiger partial charge in [-0.25, -0.2) is 0 Å². The summed E-state index contributed by atoms with van der Waals surface area (Å²) >= 11 is 3.37. The van der Waals surface area contributed by atoms with Gasteiger partial charge in [0, 0.05) is 11.0 Å². The van der Waals surface area contributed by atoms with Crippen LogP contribution in [0.4, 0.5) is 0 Å². The summed E-state index contributed by atoms with van der Waals surface area (Å²) in [6.45, 7) is 2.36. The predicted molar refractivity (Wildman–Crippen MR) is 77.8 cm³/mol. The molecule has 0 aliphatic carbocycles. The fourth-order valence-electron chi connectivity index (χ4n) is 1.73. The van der Waals surface area contributed by atoms with Gasteiger partial charge in [0.25, 0.3) is 0 Å². The zero-order valence-corrected chi connectivity index (χ0v) is 12.4. The van der Waals surface area contributed by atoms with E-state index < -0.39 is 5.92 Å². The van der Waals surface area contributed by atoms with Gasteiger partial charge in [-0.05, 0) is 24.1 Å². The largest absolute Gasteiger partial charge is 0.409 e. The monoisotopic (exact) mass is 327 g/mol. The quantitative estimate of drug-likeness (QED) is 0.324. The summed E-state index contributed by atoms with van der Waals surface area (Å²) in [5, 5.41) is 14.4. The highest BCUT2D eigenvalue weighted by atomic mass is 79.9. The van der Waals surface area contributed by atoms with Gasteiger partial charge in [0.2, 0.25) is 5.91 Å². The highest BCUT2D eigenvalue weighted by molar-refractivity contribution is 9.10. The number of carbonyl (C=O) groups is 1. The Morgan fingerprint density at radius 2 is 2.32 bits per heavy atom. The Bertz CT molecular complexity index is 463. The number of amidine groups is 1. The Morgan fingerprint density at radius 3 is 2.89 bits per heavy atom. The third kappa shape index (κ3) is 4.90. The number of halogens is 1. The number of amides is 1. The van der Waals surface area contributed by atoms with Gasteiger partial charge in [0.1, 0.15) is 0 Å². The van der Waals surface area contributed by atoms with Crippen LogP contribution in [0.2, 0.25) is 0 Å². The van der Waals surface area contributed by atoms with Gasteiger partial charge in [-0.3, -0.25) is 4.79 Å². The van der Waals surface area contributed by atoms with E-state index in [1.54, 1.807) is 0 Å². The number of oxime groups is 1. The zero-order valence-electron chi connectivity index (χ0n) is 10.8. The number of nitrogens with one attached hydrogen (secondary N) is 1. The van der Waals surface area contributed by atoms with Crippen LogP contribution in [0.15, 0.2) is 33.9 Å². The van der Waals surface area contributed by atoms with E-state index in [1.807, 2.05) is 31.2 Å². The molecular weight excluding hydrogens is 310 g/mol. The van der Waals surface area contributed by atoms with Crippen molar-refractivity contribution < 1.29 is 10.0 Å². The molecular formula is C13H18BrN3O2. The van der Waals surface area contributed by atoms with Crippen molar-refractivity contribution in [3.8, 4) is 0 Å². The number of nitrogens with zero attached hydrogens (tertiary/aromatic N) is 1. The Kier molecular flexibility index (Phi) is 6.35. The van der Waals surface area contributed by atoms with Crippen molar-refractivity contribution in [3.63, 3.8) is 0 Å². The minimum absolute atomic E-state index is 0.0476. The lowest BCUT2D eigenvalue weighted by atomic mass is 10.0. The molecule has 0 saturated heterocycles. The predicted octanol–water partition coefficient (Wildman–Crippen LogP) is 2.23. The molecule has 1 aromatic carbocycles. The van der Waals surface area contributed by atoms with Gasteiger partial charge in [-0.2, -0.15) is 0 Å². The first-order valence-electron chi connectivity index (χ1n) is 6.08. The minimum atomic E-state index is -0.581. The lowest BCUT2D eigenvalue weighted by Gasteiger charge is -2.14. The third-order valence-corrected chi connectivity index (χ3v) is 3.22. The summed E-state index contributed by atoms with van der Waals surface area (Å²) < 4.78 is 0.959. The second-order valence-electron chi connectivity index (χ2n) is 4.21. The van der Waals surface area contributed by atoms with Gasteiger partial charge in [0.15, 0.2) is 5.84 Å². The number of carbonyl (C=O) groups excluding carboxylic acids is 1. The second-order valence-corrected chi connectivity index (χ2v) is 5.13. The topological polar surface area (TPSA) is 87.7 Å². The van der Waals surface area contributed by atoms with Crippen LogP contribution in [0.5, 0.6) is 0 Å². The molecule has 104 valence electrons. The van der Waals surface area contributed by atoms with Crippen molar-refractivity contribution in [1.82, 2.24) is 5.32 Å². The fourth-order valence-corrected chi connectivity index (χ4v) is 2.18. The number of hydrogen-bond acceptors (Lipinski definition) is 3. The van der Waals surface area contributed by atoms with Crippen LogP contribution in [0.3, 0.4) is 0 Å². The number of nitrogens with two attached hydrogens (primary N) is 1. The first-order valence-corrected chi connectivity index (χ1v) is 6.87. The van der Waals surface area contributed by atoms with E-state index in [2.05, 4.69) is 26.4 Å². The summed E-state index contributed by atoms with van der Waals surface area (Å²) in [5.41, 5.74) is 6.51. The van der Waals surface area contributed by atoms with Crippen molar-refractivity contribution in [2.24, 2.45) is 16.8 Å². The molecule has 1 aromatic rings. The Balaban J connectivity index is 2.62. The van der Waals surface area contributed by atoms with E-state index in [1.165, 1.54) is 0 Å². The van der Waals surface area contributed by atoms with Crippen LogP contribution in [0.25, 0.3) is 0 Å². The average Bonchev–Trinajstić information content (AvgIpc) is 2.41. The van der Waals surface area contributed by atoms with E-state index in [0.717, 1.165) is 16.5 Å². The van der Waals surface area contributed by atoms with Crippen molar-refractivity contribution >= 4 is 27.7 Å². The summed E-state index contributed by atoms with van der Waals surface area (Å²) in [4.78, 5) is 12.0. The number of hydrogen-bond donors (Lipinski definition) is 3. The van der Waals surface area contributed by atoms with Crippen molar-refractivity contribution in [2.45, 2.75) is 26.3 Å². The molecule has 4 N–H and O–H groups in total. The first-order chi connectivity index (χ1) is 9.08. The maximum absolute atomic E-state index is 12.0. The molecule has 0 aromatic heterocycles. The lowest BCUT2D eigenvalue weighted by Crippen LogP contribution is -2.38. The summed E-state index contributed by atoms with van der Waals surface area (Å²) in [5.74, 6) is -0.854.